The van der Waals surface area contributed by atoms with Crippen molar-refractivity contribution in [3.8, 4) is 0 Å². The Morgan fingerprint density at radius 1 is 1.25 bits per heavy atom. The summed E-state index contributed by atoms with van der Waals surface area (Å²) in [5, 5.41) is 0. The Hall–Kier alpha value is 0.0100. The van der Waals surface area contributed by atoms with E-state index in [1.54, 1.807) is 12.2 Å². The lowest BCUT2D eigenvalue weighted by atomic mass is 10.7. The van der Waals surface area contributed by atoms with Gasteiger partial charge in [-0.25, -0.2) is 0 Å². The first-order valence-corrected chi connectivity index (χ1v) is 5.90. The number of hydrogen-bond acceptors (Lipinski definition) is 4. The van der Waals surface area contributed by atoms with Gasteiger partial charge in [-0.2, -0.15) is 0 Å². The maximum absolute atomic E-state index is 5.15. The molecule has 0 bridgehead atoms. The Morgan fingerprint density at radius 2 is 1.67 bits per heavy atom. The summed E-state index contributed by atoms with van der Waals surface area (Å²) in [4.78, 5) is 0. The van der Waals surface area contributed by atoms with Gasteiger partial charge in [-0.3, -0.25) is 0 Å². The lowest BCUT2D eigenvalue weighted by Gasteiger charge is -2.17. The van der Waals surface area contributed by atoms with Gasteiger partial charge in [0.25, 0.3) is 0 Å². The molecule has 0 N–H and O–H groups in total. The first-order chi connectivity index (χ1) is 5.68. The van der Waals surface area contributed by atoms with Gasteiger partial charge in [-0.15, -0.1) is 13.2 Å². The van der Waals surface area contributed by atoms with Crippen LogP contribution in [-0.2, 0) is 25.4 Å². The Kier molecular flexibility index (Phi) is 6.52. The molecule has 0 rings (SSSR count). The molecule has 0 aromatic carbocycles. The average Bonchev–Trinajstić information content (AvgIpc) is 2.11. The number of rotatable bonds is 7. The molecule has 0 aliphatic heterocycles. The molecule has 0 spiro atoms. The second-order valence-electron chi connectivity index (χ2n) is 1.80. The van der Waals surface area contributed by atoms with Crippen LogP contribution in [0.5, 0.6) is 0 Å². The van der Waals surface area contributed by atoms with Crippen LogP contribution in [0.25, 0.3) is 0 Å². The summed E-state index contributed by atoms with van der Waals surface area (Å²) >= 11 is 4.98. The maximum Gasteiger partial charge on any atom is 0.327 e. The van der Waals surface area contributed by atoms with E-state index in [2.05, 4.69) is 13.2 Å². The van der Waals surface area contributed by atoms with Crippen molar-refractivity contribution in [1.82, 2.24) is 0 Å². The van der Waals surface area contributed by atoms with E-state index in [4.69, 9.17) is 25.4 Å². The van der Waals surface area contributed by atoms with Gasteiger partial charge in [0.2, 0.25) is 0 Å². The summed E-state index contributed by atoms with van der Waals surface area (Å²) in [6.45, 7) is 5.12. The fraction of sp³-hybridized carbons (Fsp3) is 0.429. The third-order valence-electron chi connectivity index (χ3n) is 0.925. The highest BCUT2D eigenvalue weighted by atomic mass is 32.5. The SMILES string of the molecule is C=CCOP(=S)(OC)OCC=C. The van der Waals surface area contributed by atoms with Crippen LogP contribution in [0.4, 0.5) is 0 Å². The molecule has 0 fully saturated rings. The van der Waals surface area contributed by atoms with Gasteiger partial charge < -0.3 is 13.6 Å². The van der Waals surface area contributed by atoms with Gasteiger partial charge in [-0.05, 0) is 11.8 Å². The normalized spacial score (nSPS) is 11.1. The fourth-order valence-electron chi connectivity index (χ4n) is 0.431. The summed E-state index contributed by atoms with van der Waals surface area (Å²) in [6.07, 6.45) is 3.19. The van der Waals surface area contributed by atoms with Crippen molar-refractivity contribution in [2.24, 2.45) is 0 Å². The minimum Gasteiger partial charge on any atom is -0.312 e. The van der Waals surface area contributed by atoms with E-state index in [9.17, 15) is 0 Å². The Labute approximate surface area is 78.3 Å². The Morgan fingerprint density at radius 3 is 1.92 bits per heavy atom. The summed E-state index contributed by atoms with van der Waals surface area (Å²) in [7, 11) is 1.47. The lowest BCUT2D eigenvalue weighted by molar-refractivity contribution is 0.204. The van der Waals surface area contributed by atoms with E-state index in [-0.39, 0.29) is 0 Å². The molecule has 0 amide bonds. The molecule has 0 atom stereocenters. The van der Waals surface area contributed by atoms with Crippen molar-refractivity contribution in [2.75, 3.05) is 20.3 Å². The first-order valence-electron chi connectivity index (χ1n) is 3.35. The van der Waals surface area contributed by atoms with Crippen LogP contribution in [0.2, 0.25) is 0 Å². The summed E-state index contributed by atoms with van der Waals surface area (Å²) in [5.74, 6) is 0. The minimum absolute atomic E-state index is 0.336. The maximum atomic E-state index is 5.15. The molecule has 0 aromatic rings. The molecular weight excluding hydrogens is 195 g/mol. The highest BCUT2D eigenvalue weighted by Crippen LogP contribution is 2.48. The van der Waals surface area contributed by atoms with Crippen molar-refractivity contribution in [3.63, 3.8) is 0 Å². The highest BCUT2D eigenvalue weighted by molar-refractivity contribution is 8.07. The summed E-state index contributed by atoms with van der Waals surface area (Å²) < 4.78 is 15.2. The third-order valence-corrected chi connectivity index (χ3v) is 3.38. The van der Waals surface area contributed by atoms with E-state index >= 15 is 0 Å². The highest BCUT2D eigenvalue weighted by Gasteiger charge is 2.16. The van der Waals surface area contributed by atoms with Crippen molar-refractivity contribution >= 4 is 18.5 Å². The Balaban J connectivity index is 3.94. The fourth-order valence-corrected chi connectivity index (χ4v) is 1.66. The van der Waals surface area contributed by atoms with Crippen LogP contribution in [-0.4, -0.2) is 20.3 Å². The van der Waals surface area contributed by atoms with Gasteiger partial charge in [0, 0.05) is 7.11 Å². The number of hydrogen-bond donors (Lipinski definition) is 0. The van der Waals surface area contributed by atoms with Crippen LogP contribution in [0.15, 0.2) is 25.3 Å². The quantitative estimate of drug-likeness (QED) is 0.474. The van der Waals surface area contributed by atoms with E-state index in [1.807, 2.05) is 0 Å². The van der Waals surface area contributed by atoms with E-state index in [0.717, 1.165) is 0 Å². The molecule has 5 heteroatoms. The van der Waals surface area contributed by atoms with E-state index in [0.29, 0.717) is 13.2 Å². The van der Waals surface area contributed by atoms with Crippen LogP contribution in [0.3, 0.4) is 0 Å². The first kappa shape index (κ1) is 12.0. The average molecular weight is 208 g/mol. The second-order valence-corrected chi connectivity index (χ2v) is 4.92. The van der Waals surface area contributed by atoms with Gasteiger partial charge in [0.1, 0.15) is 0 Å². The molecule has 0 heterocycles. The van der Waals surface area contributed by atoms with Gasteiger partial charge in [-0.1, -0.05) is 12.2 Å². The zero-order chi connectivity index (χ0) is 9.45. The molecule has 0 unspecified atom stereocenters. The predicted molar refractivity (Wildman–Crippen MR) is 53.6 cm³/mol. The lowest BCUT2D eigenvalue weighted by Crippen LogP contribution is -1.97. The molecule has 0 saturated carbocycles. The molecule has 0 saturated heterocycles. The molecule has 0 aliphatic carbocycles. The third kappa shape index (κ3) is 4.80. The molecule has 0 aliphatic rings. The van der Waals surface area contributed by atoms with Crippen molar-refractivity contribution in [2.45, 2.75) is 0 Å². The molecule has 70 valence electrons. The standard InChI is InChI=1S/C7H13O3PS/c1-4-6-9-11(12,8-3)10-7-5-2/h4-5H,1-2,6-7H2,3H3. The smallest absolute Gasteiger partial charge is 0.312 e. The largest absolute Gasteiger partial charge is 0.327 e. The molecule has 0 aromatic heterocycles. The van der Waals surface area contributed by atoms with Gasteiger partial charge in [0.05, 0.1) is 13.2 Å². The zero-order valence-corrected chi connectivity index (χ0v) is 8.77. The van der Waals surface area contributed by atoms with E-state index < -0.39 is 6.72 Å². The van der Waals surface area contributed by atoms with Crippen molar-refractivity contribution in [1.29, 1.82) is 0 Å². The zero-order valence-electron chi connectivity index (χ0n) is 7.06. The second kappa shape index (κ2) is 6.52. The van der Waals surface area contributed by atoms with Gasteiger partial charge >= 0.3 is 6.72 Å². The monoisotopic (exact) mass is 208 g/mol. The van der Waals surface area contributed by atoms with Crippen molar-refractivity contribution in [3.05, 3.63) is 25.3 Å². The molecule has 0 radical (unpaired) electrons. The predicted octanol–water partition coefficient (Wildman–Crippen LogP) is 2.26. The van der Waals surface area contributed by atoms with Crippen LogP contribution in [0, 0.1) is 0 Å². The van der Waals surface area contributed by atoms with Crippen LogP contribution in [0.1, 0.15) is 0 Å². The van der Waals surface area contributed by atoms with E-state index in [1.165, 1.54) is 7.11 Å². The topological polar surface area (TPSA) is 27.7 Å². The van der Waals surface area contributed by atoms with Crippen LogP contribution < -0.4 is 0 Å². The summed E-state index contributed by atoms with van der Waals surface area (Å²) in [5.41, 5.74) is 0. The van der Waals surface area contributed by atoms with Gasteiger partial charge in [0.15, 0.2) is 0 Å². The molecular formula is C7H13O3PS. The minimum atomic E-state index is -2.54. The van der Waals surface area contributed by atoms with Crippen LogP contribution >= 0.6 is 6.72 Å². The molecule has 3 nitrogen and oxygen atoms in total. The Bertz CT molecular complexity index is 177. The summed E-state index contributed by atoms with van der Waals surface area (Å²) in [6, 6.07) is 0. The molecule has 12 heavy (non-hydrogen) atoms. The van der Waals surface area contributed by atoms with Crippen molar-refractivity contribution < 1.29 is 13.6 Å².